The molecule has 2 atom stereocenters. The molecule has 0 saturated carbocycles. The molecule has 0 spiro atoms. The Labute approximate surface area is 119 Å². The molecule has 1 aromatic carbocycles. The molecule has 1 amide bonds. The number of carbonyl (C=O) groups is 1. The van der Waals surface area contributed by atoms with Gasteiger partial charge in [0.25, 0.3) is 0 Å². The lowest BCUT2D eigenvalue weighted by Gasteiger charge is -2.14. The first-order valence-electron chi connectivity index (χ1n) is 7.37. The molecule has 0 radical (unpaired) electrons. The van der Waals surface area contributed by atoms with Crippen molar-refractivity contribution in [1.29, 1.82) is 0 Å². The second-order valence-corrected chi connectivity index (χ2v) is 5.39. The van der Waals surface area contributed by atoms with Crippen LogP contribution in [0.4, 0.5) is 4.79 Å². The minimum absolute atomic E-state index is 0.0163. The Kier molecular flexibility index (Phi) is 3.64. The van der Waals surface area contributed by atoms with Crippen LogP contribution >= 0.6 is 0 Å². The van der Waals surface area contributed by atoms with Gasteiger partial charge in [-0.15, -0.1) is 0 Å². The van der Waals surface area contributed by atoms with E-state index in [0.717, 1.165) is 19.3 Å². The van der Waals surface area contributed by atoms with Gasteiger partial charge < -0.3 is 4.74 Å². The van der Waals surface area contributed by atoms with E-state index in [2.05, 4.69) is 31.0 Å². The first-order valence-corrected chi connectivity index (χ1v) is 7.37. The molecule has 1 aliphatic carbocycles. The quantitative estimate of drug-likeness (QED) is 0.619. The SMILES string of the molecule is CCCCCC#CN1C(=O)O[C@@H]2Cc3ccccc3[C@@H]21. The molecule has 1 aromatic rings. The van der Waals surface area contributed by atoms with Gasteiger partial charge in [0.05, 0.1) is 0 Å². The molecule has 1 aliphatic heterocycles. The van der Waals surface area contributed by atoms with E-state index >= 15 is 0 Å². The number of carbonyl (C=O) groups excluding carboxylic acids is 1. The molecule has 3 heteroatoms. The number of hydrogen-bond acceptors (Lipinski definition) is 2. The summed E-state index contributed by atoms with van der Waals surface area (Å²) in [5.41, 5.74) is 2.46. The van der Waals surface area contributed by atoms with E-state index in [0.29, 0.717) is 0 Å². The number of nitrogens with zero attached hydrogens (tertiary/aromatic N) is 1. The van der Waals surface area contributed by atoms with Crippen molar-refractivity contribution in [3.63, 3.8) is 0 Å². The second kappa shape index (κ2) is 5.58. The Morgan fingerprint density at radius 3 is 3.05 bits per heavy atom. The Bertz CT molecular complexity index is 570. The van der Waals surface area contributed by atoms with E-state index in [-0.39, 0.29) is 18.2 Å². The minimum atomic E-state index is -0.294. The van der Waals surface area contributed by atoms with Gasteiger partial charge in [-0.2, -0.15) is 0 Å². The standard InChI is InChI=1S/C17H19NO2/c1-2-3-4-5-8-11-18-16-14-10-7-6-9-13(14)12-15(16)20-17(18)19/h6-7,9-10,15-16H,2-5,12H2,1H3/t15-,16+/m1/s1. The molecule has 1 heterocycles. The fourth-order valence-electron chi connectivity index (χ4n) is 2.97. The fraction of sp³-hybridized carbons (Fsp3) is 0.471. The molecule has 0 bridgehead atoms. The predicted octanol–water partition coefficient (Wildman–Crippen LogP) is 3.65. The lowest BCUT2D eigenvalue weighted by molar-refractivity contribution is 0.134. The van der Waals surface area contributed by atoms with Gasteiger partial charge in [0.2, 0.25) is 0 Å². The van der Waals surface area contributed by atoms with Gasteiger partial charge in [-0.3, -0.25) is 0 Å². The fourth-order valence-corrected chi connectivity index (χ4v) is 2.97. The summed E-state index contributed by atoms with van der Waals surface area (Å²) in [4.78, 5) is 13.5. The van der Waals surface area contributed by atoms with Crippen LogP contribution in [0.3, 0.4) is 0 Å². The van der Waals surface area contributed by atoms with Crippen LogP contribution in [0.2, 0.25) is 0 Å². The summed E-state index contributed by atoms with van der Waals surface area (Å²) in [7, 11) is 0. The summed E-state index contributed by atoms with van der Waals surface area (Å²) < 4.78 is 5.44. The van der Waals surface area contributed by atoms with Crippen molar-refractivity contribution in [2.75, 3.05) is 0 Å². The highest BCUT2D eigenvalue weighted by molar-refractivity contribution is 5.74. The summed E-state index contributed by atoms with van der Waals surface area (Å²) >= 11 is 0. The van der Waals surface area contributed by atoms with Crippen LogP contribution < -0.4 is 0 Å². The molecular formula is C17H19NO2. The molecule has 3 nitrogen and oxygen atoms in total. The highest BCUT2D eigenvalue weighted by Gasteiger charge is 2.47. The Morgan fingerprint density at radius 2 is 2.20 bits per heavy atom. The van der Waals surface area contributed by atoms with E-state index in [4.69, 9.17) is 4.74 Å². The summed E-state index contributed by atoms with van der Waals surface area (Å²) in [6.07, 6.45) is 4.76. The van der Waals surface area contributed by atoms with E-state index in [1.807, 2.05) is 12.1 Å². The van der Waals surface area contributed by atoms with Crippen molar-refractivity contribution >= 4 is 6.09 Å². The van der Waals surface area contributed by atoms with Crippen molar-refractivity contribution in [3.05, 3.63) is 35.4 Å². The third-order valence-electron chi connectivity index (χ3n) is 3.98. The molecule has 0 N–H and O–H groups in total. The van der Waals surface area contributed by atoms with Crippen LogP contribution in [0.25, 0.3) is 0 Å². The van der Waals surface area contributed by atoms with Gasteiger partial charge in [0, 0.05) is 18.9 Å². The van der Waals surface area contributed by atoms with Crippen LogP contribution in [0.5, 0.6) is 0 Å². The molecule has 1 fully saturated rings. The smallest absolute Gasteiger partial charge is 0.422 e. The number of unbranched alkanes of at least 4 members (excludes halogenated alkanes) is 3. The monoisotopic (exact) mass is 269 g/mol. The van der Waals surface area contributed by atoms with E-state index < -0.39 is 0 Å². The summed E-state index contributed by atoms with van der Waals surface area (Å²) in [5.74, 6) is 3.11. The van der Waals surface area contributed by atoms with Gasteiger partial charge in [-0.25, -0.2) is 9.69 Å². The average molecular weight is 269 g/mol. The van der Waals surface area contributed by atoms with Gasteiger partial charge in [-0.05, 0) is 17.5 Å². The Balaban J connectivity index is 1.76. The Morgan fingerprint density at radius 1 is 1.35 bits per heavy atom. The number of hydrogen-bond donors (Lipinski definition) is 0. The molecule has 20 heavy (non-hydrogen) atoms. The minimum Gasteiger partial charge on any atom is -0.442 e. The number of amides is 1. The predicted molar refractivity (Wildman–Crippen MR) is 76.9 cm³/mol. The lowest BCUT2D eigenvalue weighted by Crippen LogP contribution is -2.22. The zero-order valence-corrected chi connectivity index (χ0v) is 11.8. The second-order valence-electron chi connectivity index (χ2n) is 5.39. The molecule has 0 unspecified atom stereocenters. The molecule has 0 aromatic heterocycles. The van der Waals surface area contributed by atoms with E-state index in [9.17, 15) is 4.79 Å². The highest BCUT2D eigenvalue weighted by atomic mass is 16.6. The van der Waals surface area contributed by atoms with Crippen molar-refractivity contribution in [2.24, 2.45) is 0 Å². The highest BCUT2D eigenvalue weighted by Crippen LogP contribution is 2.41. The van der Waals surface area contributed by atoms with Crippen LogP contribution in [0.1, 0.15) is 49.8 Å². The summed E-state index contributed by atoms with van der Waals surface area (Å²) in [5, 5.41) is 0. The Hall–Kier alpha value is -1.95. The number of fused-ring (bicyclic) bond motifs is 3. The van der Waals surface area contributed by atoms with Gasteiger partial charge in [-0.1, -0.05) is 50.0 Å². The van der Waals surface area contributed by atoms with Gasteiger partial charge in [0.1, 0.15) is 12.1 Å². The molecule has 1 saturated heterocycles. The number of ether oxygens (including phenoxy) is 1. The number of rotatable bonds is 3. The summed E-state index contributed by atoms with van der Waals surface area (Å²) in [6.45, 7) is 2.17. The van der Waals surface area contributed by atoms with Crippen LogP contribution in [-0.2, 0) is 11.2 Å². The zero-order chi connectivity index (χ0) is 13.9. The van der Waals surface area contributed by atoms with Crippen LogP contribution in [-0.4, -0.2) is 17.1 Å². The normalized spacial score (nSPS) is 22.9. The van der Waals surface area contributed by atoms with Crippen molar-refractivity contribution in [1.82, 2.24) is 4.90 Å². The van der Waals surface area contributed by atoms with Gasteiger partial charge >= 0.3 is 6.09 Å². The van der Waals surface area contributed by atoms with E-state index in [1.54, 1.807) is 4.90 Å². The lowest BCUT2D eigenvalue weighted by atomic mass is 10.1. The third-order valence-corrected chi connectivity index (χ3v) is 3.98. The van der Waals surface area contributed by atoms with Crippen LogP contribution in [0, 0.1) is 12.0 Å². The zero-order valence-electron chi connectivity index (χ0n) is 11.8. The maximum Gasteiger partial charge on any atom is 0.422 e. The number of benzene rings is 1. The molecule has 104 valence electrons. The largest absolute Gasteiger partial charge is 0.442 e. The summed E-state index contributed by atoms with van der Waals surface area (Å²) in [6, 6.07) is 11.2. The third kappa shape index (κ3) is 2.27. The maximum atomic E-state index is 11.9. The topological polar surface area (TPSA) is 29.5 Å². The van der Waals surface area contributed by atoms with Gasteiger partial charge in [0.15, 0.2) is 0 Å². The maximum absolute atomic E-state index is 11.9. The molecular weight excluding hydrogens is 250 g/mol. The van der Waals surface area contributed by atoms with E-state index in [1.165, 1.54) is 24.0 Å². The first-order chi connectivity index (χ1) is 9.81. The average Bonchev–Trinajstić information content (AvgIpc) is 2.94. The molecule has 3 rings (SSSR count). The van der Waals surface area contributed by atoms with Crippen molar-refractivity contribution in [2.45, 2.75) is 51.2 Å². The van der Waals surface area contributed by atoms with Crippen molar-refractivity contribution < 1.29 is 9.53 Å². The van der Waals surface area contributed by atoms with Crippen molar-refractivity contribution in [3.8, 4) is 12.0 Å². The first kappa shape index (κ1) is 13.1. The van der Waals surface area contributed by atoms with Crippen LogP contribution in [0.15, 0.2) is 24.3 Å². The molecule has 2 aliphatic rings.